The van der Waals surface area contributed by atoms with Crippen molar-refractivity contribution in [3.8, 4) is 0 Å². The number of halogens is 1. The van der Waals surface area contributed by atoms with Crippen LogP contribution in [0.2, 0.25) is 0 Å². The zero-order valence-corrected chi connectivity index (χ0v) is 17.2. The van der Waals surface area contributed by atoms with Crippen molar-refractivity contribution in [1.82, 2.24) is 15.1 Å². The van der Waals surface area contributed by atoms with Crippen molar-refractivity contribution in [2.24, 2.45) is 0 Å². The molecule has 0 bridgehead atoms. The summed E-state index contributed by atoms with van der Waals surface area (Å²) in [7, 11) is 0. The minimum Gasteiger partial charge on any atom is -0.337 e. The van der Waals surface area contributed by atoms with Crippen LogP contribution >= 0.6 is 0 Å². The van der Waals surface area contributed by atoms with Gasteiger partial charge in [-0.3, -0.25) is 14.5 Å². The van der Waals surface area contributed by atoms with E-state index in [9.17, 15) is 18.8 Å². The Labute approximate surface area is 175 Å². The first kappa shape index (κ1) is 21.5. The molecule has 0 unspecified atom stereocenters. The second-order valence-electron chi connectivity index (χ2n) is 7.38. The van der Waals surface area contributed by atoms with Gasteiger partial charge in [-0.15, -0.1) is 0 Å². The summed E-state index contributed by atoms with van der Waals surface area (Å²) < 4.78 is 13.5. The zero-order chi connectivity index (χ0) is 21.7. The number of nitrogens with zero attached hydrogens (tertiary/aromatic N) is 2. The largest absolute Gasteiger partial charge is 0.337 e. The molecule has 6 nitrogen and oxygen atoms in total. The lowest BCUT2D eigenvalue weighted by atomic mass is 9.85. The molecule has 0 radical (unpaired) electrons. The Morgan fingerprint density at radius 2 is 1.83 bits per heavy atom. The molecule has 158 valence electrons. The first-order chi connectivity index (χ1) is 14.4. The molecule has 30 heavy (non-hydrogen) atoms. The second-order valence-corrected chi connectivity index (χ2v) is 7.38. The van der Waals surface area contributed by atoms with Gasteiger partial charge in [0.25, 0.3) is 5.91 Å². The molecule has 0 aromatic heterocycles. The van der Waals surface area contributed by atoms with E-state index in [2.05, 4.69) is 5.32 Å². The predicted molar refractivity (Wildman–Crippen MR) is 111 cm³/mol. The molecule has 0 aliphatic carbocycles. The molecule has 1 N–H and O–H groups in total. The highest BCUT2D eigenvalue weighted by Crippen LogP contribution is 2.33. The third-order valence-electron chi connectivity index (χ3n) is 5.36. The number of amides is 4. The molecule has 1 heterocycles. The molecule has 1 fully saturated rings. The maximum absolute atomic E-state index is 13.5. The Kier molecular flexibility index (Phi) is 6.50. The molecular formula is C23H26FN3O3. The van der Waals surface area contributed by atoms with Crippen molar-refractivity contribution < 1.29 is 18.8 Å². The van der Waals surface area contributed by atoms with Gasteiger partial charge in [-0.1, -0.05) is 55.8 Å². The summed E-state index contributed by atoms with van der Waals surface area (Å²) in [5, 5.41) is 2.82. The Bertz CT molecular complexity index is 934. The van der Waals surface area contributed by atoms with Gasteiger partial charge < -0.3 is 10.2 Å². The number of nitrogens with one attached hydrogen (secondary N) is 1. The van der Waals surface area contributed by atoms with Crippen molar-refractivity contribution in [2.45, 2.75) is 38.8 Å². The predicted octanol–water partition coefficient (Wildman–Crippen LogP) is 3.42. The number of likely N-dealkylation sites (N-methyl/N-ethyl adjacent to an activating group) is 1. The molecule has 3 rings (SSSR count). The van der Waals surface area contributed by atoms with Gasteiger partial charge in [0.2, 0.25) is 5.91 Å². The normalized spacial score (nSPS) is 18.4. The van der Waals surface area contributed by atoms with Crippen LogP contribution in [0.5, 0.6) is 0 Å². The van der Waals surface area contributed by atoms with Gasteiger partial charge in [-0.05, 0) is 36.6 Å². The number of carbonyl (C=O) groups is 3. The van der Waals surface area contributed by atoms with Crippen LogP contribution in [0.15, 0.2) is 54.6 Å². The molecular weight excluding hydrogens is 385 g/mol. The van der Waals surface area contributed by atoms with Crippen LogP contribution in [-0.4, -0.2) is 40.7 Å². The number of rotatable bonds is 8. The third-order valence-corrected chi connectivity index (χ3v) is 5.36. The highest BCUT2D eigenvalue weighted by atomic mass is 19.1. The minimum atomic E-state index is -1.16. The molecule has 1 aliphatic rings. The lowest BCUT2D eigenvalue weighted by molar-refractivity contribution is -0.139. The summed E-state index contributed by atoms with van der Waals surface area (Å²) in [5.41, 5.74) is 0.187. The first-order valence-electron chi connectivity index (χ1n) is 10.1. The number of hydrogen-bond donors (Lipinski definition) is 1. The summed E-state index contributed by atoms with van der Waals surface area (Å²) >= 11 is 0. The van der Waals surface area contributed by atoms with E-state index in [4.69, 9.17) is 0 Å². The fourth-order valence-electron chi connectivity index (χ4n) is 3.84. The maximum Gasteiger partial charge on any atom is 0.325 e. The fraction of sp³-hybridized carbons (Fsp3) is 0.348. The fourth-order valence-corrected chi connectivity index (χ4v) is 3.84. The molecule has 7 heteroatoms. The van der Waals surface area contributed by atoms with Gasteiger partial charge in [0.05, 0.1) is 0 Å². The average Bonchev–Trinajstić information content (AvgIpc) is 2.98. The molecule has 1 saturated heterocycles. The number of hydrogen-bond acceptors (Lipinski definition) is 3. The average molecular weight is 411 g/mol. The van der Waals surface area contributed by atoms with E-state index >= 15 is 0 Å². The van der Waals surface area contributed by atoms with E-state index in [1.54, 1.807) is 19.1 Å². The third kappa shape index (κ3) is 4.20. The van der Waals surface area contributed by atoms with E-state index in [-0.39, 0.29) is 24.8 Å². The van der Waals surface area contributed by atoms with Crippen LogP contribution in [0.1, 0.15) is 37.8 Å². The van der Waals surface area contributed by atoms with E-state index < -0.39 is 17.5 Å². The van der Waals surface area contributed by atoms with E-state index in [0.29, 0.717) is 30.5 Å². The van der Waals surface area contributed by atoms with Crippen LogP contribution in [0.25, 0.3) is 0 Å². The first-order valence-corrected chi connectivity index (χ1v) is 10.1. The smallest absolute Gasteiger partial charge is 0.325 e. The Morgan fingerprint density at radius 3 is 2.47 bits per heavy atom. The maximum atomic E-state index is 13.5. The Balaban J connectivity index is 1.79. The van der Waals surface area contributed by atoms with Crippen LogP contribution in [0, 0.1) is 5.82 Å². The number of imide groups is 1. The van der Waals surface area contributed by atoms with Crippen LogP contribution in [-0.2, 0) is 21.7 Å². The van der Waals surface area contributed by atoms with E-state index in [1.165, 1.54) is 17.0 Å². The molecule has 2 aromatic carbocycles. The summed E-state index contributed by atoms with van der Waals surface area (Å²) in [5.74, 6) is -1.17. The SMILES string of the molecule is CCC[C@]1(c2ccccc2)NC(=O)N(CC(=O)N(CC)Cc2cccc(F)c2)C1=O. The highest BCUT2D eigenvalue weighted by Gasteiger charge is 2.52. The quantitative estimate of drug-likeness (QED) is 0.677. The van der Waals surface area contributed by atoms with Crippen LogP contribution in [0.3, 0.4) is 0 Å². The lowest BCUT2D eigenvalue weighted by Gasteiger charge is -2.27. The van der Waals surface area contributed by atoms with Gasteiger partial charge in [-0.25, -0.2) is 9.18 Å². The monoisotopic (exact) mass is 411 g/mol. The Morgan fingerprint density at radius 1 is 1.10 bits per heavy atom. The van der Waals surface area contributed by atoms with Crippen LogP contribution in [0.4, 0.5) is 9.18 Å². The molecule has 1 aliphatic heterocycles. The van der Waals surface area contributed by atoms with E-state index in [0.717, 1.165) is 4.90 Å². The summed E-state index contributed by atoms with van der Waals surface area (Å²) in [6.07, 6.45) is 1.12. The van der Waals surface area contributed by atoms with Crippen molar-refractivity contribution in [2.75, 3.05) is 13.1 Å². The van der Waals surface area contributed by atoms with Gasteiger partial charge in [-0.2, -0.15) is 0 Å². The molecule has 0 saturated carbocycles. The number of carbonyl (C=O) groups excluding carboxylic acids is 3. The van der Waals surface area contributed by atoms with Crippen molar-refractivity contribution >= 4 is 17.8 Å². The van der Waals surface area contributed by atoms with Crippen molar-refractivity contribution in [3.63, 3.8) is 0 Å². The van der Waals surface area contributed by atoms with Crippen LogP contribution < -0.4 is 5.32 Å². The van der Waals surface area contributed by atoms with Gasteiger partial charge >= 0.3 is 6.03 Å². The lowest BCUT2D eigenvalue weighted by Crippen LogP contribution is -2.45. The Hall–Kier alpha value is -3.22. The van der Waals surface area contributed by atoms with Crippen molar-refractivity contribution in [1.29, 1.82) is 0 Å². The minimum absolute atomic E-state index is 0.204. The standard InChI is InChI=1S/C23H26FN3O3/c1-3-13-23(18-10-6-5-7-11-18)21(29)27(22(30)25-23)16-20(28)26(4-2)15-17-9-8-12-19(24)14-17/h5-12,14H,3-4,13,15-16H2,1-2H3,(H,25,30)/t23-/m1/s1. The van der Waals surface area contributed by atoms with Crippen molar-refractivity contribution in [3.05, 3.63) is 71.5 Å². The summed E-state index contributed by atoms with van der Waals surface area (Å²) in [4.78, 5) is 41.3. The van der Waals surface area contributed by atoms with Gasteiger partial charge in [0.1, 0.15) is 17.9 Å². The number of urea groups is 1. The topological polar surface area (TPSA) is 69.7 Å². The van der Waals surface area contributed by atoms with Gasteiger partial charge in [0, 0.05) is 13.1 Å². The highest BCUT2D eigenvalue weighted by molar-refractivity contribution is 6.09. The van der Waals surface area contributed by atoms with Gasteiger partial charge in [0.15, 0.2) is 0 Å². The molecule has 0 spiro atoms. The molecule has 1 atom stereocenters. The molecule has 4 amide bonds. The second kappa shape index (κ2) is 9.07. The number of benzene rings is 2. The zero-order valence-electron chi connectivity index (χ0n) is 17.2. The molecule has 2 aromatic rings. The summed E-state index contributed by atoms with van der Waals surface area (Å²) in [6, 6.07) is 14.5. The summed E-state index contributed by atoms with van der Waals surface area (Å²) in [6.45, 7) is 3.96. The van der Waals surface area contributed by atoms with E-state index in [1.807, 2.05) is 37.3 Å².